The summed E-state index contributed by atoms with van der Waals surface area (Å²) >= 11 is 0. The van der Waals surface area contributed by atoms with E-state index in [1.807, 2.05) is 6.07 Å². The molecule has 2 nitrogen and oxygen atoms in total. The van der Waals surface area contributed by atoms with Crippen LogP contribution < -0.4 is 4.74 Å². The zero-order valence-corrected chi connectivity index (χ0v) is 9.21. The van der Waals surface area contributed by atoms with Crippen molar-refractivity contribution in [1.29, 1.82) is 5.26 Å². The first-order valence-electron chi connectivity index (χ1n) is 5.24. The summed E-state index contributed by atoms with van der Waals surface area (Å²) in [4.78, 5) is 0. The molecular formula is C13H15NO. The number of hydrogen-bond acceptors (Lipinski definition) is 2. The average Bonchev–Trinajstić information content (AvgIpc) is 2.57. The van der Waals surface area contributed by atoms with E-state index < -0.39 is 0 Å². The van der Waals surface area contributed by atoms with Crippen LogP contribution in [0.4, 0.5) is 0 Å². The molecule has 0 unspecified atom stereocenters. The number of nitrogens with zero attached hydrogens (tertiary/aromatic N) is 1. The summed E-state index contributed by atoms with van der Waals surface area (Å²) < 4.78 is 5.20. The summed E-state index contributed by atoms with van der Waals surface area (Å²) in [6.07, 6.45) is 2.74. The molecule has 0 radical (unpaired) electrons. The number of hydrogen-bond donors (Lipinski definition) is 0. The molecule has 1 aliphatic rings. The summed E-state index contributed by atoms with van der Waals surface area (Å²) in [7, 11) is 1.69. The van der Waals surface area contributed by atoms with E-state index >= 15 is 0 Å². The molecule has 0 fully saturated rings. The largest absolute Gasteiger partial charge is 0.497 e. The van der Waals surface area contributed by atoms with Gasteiger partial charge in [-0.1, -0.05) is 13.0 Å². The number of aryl methyl sites for hydroxylation is 1. The first-order chi connectivity index (χ1) is 7.19. The van der Waals surface area contributed by atoms with Gasteiger partial charge in [-0.05, 0) is 36.1 Å². The predicted molar refractivity (Wildman–Crippen MR) is 58.9 cm³/mol. The van der Waals surface area contributed by atoms with Crippen LogP contribution in [0.1, 0.15) is 30.9 Å². The highest BCUT2D eigenvalue weighted by molar-refractivity contribution is 5.44. The smallest absolute Gasteiger partial charge is 0.119 e. The van der Waals surface area contributed by atoms with Crippen molar-refractivity contribution < 1.29 is 4.74 Å². The monoisotopic (exact) mass is 201 g/mol. The molecular weight excluding hydrogens is 186 g/mol. The number of methoxy groups -OCH3 is 1. The molecule has 2 rings (SSSR count). The van der Waals surface area contributed by atoms with Gasteiger partial charge in [0.15, 0.2) is 0 Å². The first-order valence-corrected chi connectivity index (χ1v) is 5.24. The van der Waals surface area contributed by atoms with Crippen LogP contribution in [-0.4, -0.2) is 7.11 Å². The topological polar surface area (TPSA) is 33.0 Å². The van der Waals surface area contributed by atoms with Crippen molar-refractivity contribution in [2.45, 2.75) is 31.6 Å². The highest BCUT2D eigenvalue weighted by atomic mass is 16.5. The fraction of sp³-hybridized carbons (Fsp3) is 0.462. The molecule has 0 amide bonds. The Bertz CT molecular complexity index is 419. The molecule has 15 heavy (non-hydrogen) atoms. The Labute approximate surface area is 90.5 Å². The van der Waals surface area contributed by atoms with E-state index in [-0.39, 0.29) is 5.41 Å². The Hall–Kier alpha value is -1.49. The molecule has 78 valence electrons. The van der Waals surface area contributed by atoms with E-state index in [2.05, 4.69) is 25.1 Å². The van der Waals surface area contributed by atoms with Crippen molar-refractivity contribution in [2.75, 3.05) is 7.11 Å². The third-order valence-corrected chi connectivity index (χ3v) is 3.38. The number of benzene rings is 1. The van der Waals surface area contributed by atoms with Gasteiger partial charge in [-0.25, -0.2) is 0 Å². The van der Waals surface area contributed by atoms with Crippen LogP contribution in [0.25, 0.3) is 0 Å². The minimum absolute atomic E-state index is 0.0519. The van der Waals surface area contributed by atoms with E-state index in [1.165, 1.54) is 11.1 Å². The molecule has 2 heteroatoms. The van der Waals surface area contributed by atoms with Gasteiger partial charge in [0.05, 0.1) is 13.2 Å². The molecule has 0 saturated heterocycles. The lowest BCUT2D eigenvalue weighted by Crippen LogP contribution is -2.16. The molecule has 1 aliphatic carbocycles. The zero-order chi connectivity index (χ0) is 10.9. The van der Waals surface area contributed by atoms with E-state index in [0.717, 1.165) is 18.6 Å². The normalized spacial score (nSPS) is 23.3. The standard InChI is InChI=1S/C13H15NO/c1-13(7-8-14)6-5-10-9-11(15-2)3-4-12(10)13/h3-4,9H,5-7H2,1-2H3/t13-/m1/s1. The van der Waals surface area contributed by atoms with Crippen molar-refractivity contribution in [2.24, 2.45) is 0 Å². The predicted octanol–water partition coefficient (Wildman–Crippen LogP) is 2.81. The quantitative estimate of drug-likeness (QED) is 0.737. The summed E-state index contributed by atoms with van der Waals surface area (Å²) in [6.45, 7) is 2.18. The van der Waals surface area contributed by atoms with Crippen LogP contribution in [0.15, 0.2) is 18.2 Å². The van der Waals surface area contributed by atoms with E-state index in [0.29, 0.717) is 6.42 Å². The second-order valence-corrected chi connectivity index (χ2v) is 4.42. The van der Waals surface area contributed by atoms with Gasteiger partial charge in [0, 0.05) is 11.8 Å². The van der Waals surface area contributed by atoms with Gasteiger partial charge in [0.25, 0.3) is 0 Å². The maximum Gasteiger partial charge on any atom is 0.119 e. The lowest BCUT2D eigenvalue weighted by Gasteiger charge is -2.21. The highest BCUT2D eigenvalue weighted by Crippen LogP contribution is 2.42. The van der Waals surface area contributed by atoms with Crippen molar-refractivity contribution in [3.05, 3.63) is 29.3 Å². The third-order valence-electron chi connectivity index (χ3n) is 3.38. The Morgan fingerprint density at radius 2 is 2.33 bits per heavy atom. The third kappa shape index (κ3) is 1.59. The number of fused-ring (bicyclic) bond motifs is 1. The van der Waals surface area contributed by atoms with Crippen LogP contribution >= 0.6 is 0 Å². The maximum atomic E-state index is 8.84. The Morgan fingerprint density at radius 1 is 1.53 bits per heavy atom. The van der Waals surface area contributed by atoms with Crippen LogP contribution in [0, 0.1) is 11.3 Å². The summed E-state index contributed by atoms with van der Waals surface area (Å²) in [5, 5.41) is 8.84. The molecule has 0 saturated carbocycles. The highest BCUT2D eigenvalue weighted by Gasteiger charge is 2.34. The van der Waals surface area contributed by atoms with Crippen molar-refractivity contribution >= 4 is 0 Å². The van der Waals surface area contributed by atoms with Crippen LogP contribution in [-0.2, 0) is 11.8 Å². The fourth-order valence-electron chi connectivity index (χ4n) is 2.40. The zero-order valence-electron chi connectivity index (χ0n) is 9.21. The van der Waals surface area contributed by atoms with Gasteiger partial charge in [-0.3, -0.25) is 0 Å². The molecule has 0 bridgehead atoms. The Balaban J connectivity index is 2.40. The van der Waals surface area contributed by atoms with Crippen LogP contribution in [0.3, 0.4) is 0 Å². The fourth-order valence-corrected chi connectivity index (χ4v) is 2.40. The molecule has 0 aliphatic heterocycles. The van der Waals surface area contributed by atoms with Crippen LogP contribution in [0.2, 0.25) is 0 Å². The number of ether oxygens (including phenoxy) is 1. The van der Waals surface area contributed by atoms with E-state index in [9.17, 15) is 0 Å². The Morgan fingerprint density at radius 3 is 3.00 bits per heavy atom. The maximum absolute atomic E-state index is 8.84. The van der Waals surface area contributed by atoms with Gasteiger partial charge < -0.3 is 4.74 Å². The molecule has 1 atom stereocenters. The molecule has 1 aromatic carbocycles. The van der Waals surface area contributed by atoms with Gasteiger partial charge in [-0.2, -0.15) is 5.26 Å². The minimum Gasteiger partial charge on any atom is -0.497 e. The van der Waals surface area contributed by atoms with E-state index in [1.54, 1.807) is 7.11 Å². The second-order valence-electron chi connectivity index (χ2n) is 4.42. The number of nitriles is 1. The molecule has 0 aromatic heterocycles. The van der Waals surface area contributed by atoms with Gasteiger partial charge in [0.1, 0.15) is 5.75 Å². The Kier molecular flexibility index (Phi) is 2.40. The summed E-state index contributed by atoms with van der Waals surface area (Å²) in [5.41, 5.74) is 2.72. The molecule has 0 N–H and O–H groups in total. The lowest BCUT2D eigenvalue weighted by atomic mass is 9.81. The lowest BCUT2D eigenvalue weighted by molar-refractivity contribution is 0.414. The van der Waals surface area contributed by atoms with Crippen molar-refractivity contribution in [1.82, 2.24) is 0 Å². The first kappa shape index (κ1) is 10.0. The van der Waals surface area contributed by atoms with Crippen molar-refractivity contribution in [3.63, 3.8) is 0 Å². The van der Waals surface area contributed by atoms with Crippen molar-refractivity contribution in [3.8, 4) is 11.8 Å². The second kappa shape index (κ2) is 3.58. The minimum atomic E-state index is 0.0519. The van der Waals surface area contributed by atoms with Crippen LogP contribution in [0.5, 0.6) is 5.75 Å². The molecule has 0 heterocycles. The van der Waals surface area contributed by atoms with E-state index in [4.69, 9.17) is 10.00 Å². The van der Waals surface area contributed by atoms with Gasteiger partial charge >= 0.3 is 0 Å². The molecule has 1 aromatic rings. The summed E-state index contributed by atoms with van der Waals surface area (Å²) in [5.74, 6) is 0.912. The average molecular weight is 201 g/mol. The number of rotatable bonds is 2. The summed E-state index contributed by atoms with van der Waals surface area (Å²) in [6, 6.07) is 8.48. The van der Waals surface area contributed by atoms with Gasteiger partial charge in [0.2, 0.25) is 0 Å². The SMILES string of the molecule is COc1ccc2c(c1)CC[C@]2(C)CC#N. The molecule has 0 spiro atoms. The van der Waals surface area contributed by atoms with Gasteiger partial charge in [-0.15, -0.1) is 0 Å².